The molecule has 214 valence electrons. The fourth-order valence-electron chi connectivity index (χ4n) is 5.82. The summed E-state index contributed by atoms with van der Waals surface area (Å²) in [5.74, 6) is -5.27. The quantitative estimate of drug-likeness (QED) is 0.328. The molecule has 2 fully saturated rings. The number of amides is 2. The molecule has 2 aliphatic carbocycles. The average molecular weight is 561 g/mol. The maximum atomic E-state index is 13.4. The van der Waals surface area contributed by atoms with Gasteiger partial charge in [0.25, 0.3) is 11.8 Å². The smallest absolute Gasteiger partial charge is 0.391 e. The third-order valence-electron chi connectivity index (χ3n) is 8.08. The molecule has 0 atom stereocenters. The fourth-order valence-corrected chi connectivity index (χ4v) is 5.82. The van der Waals surface area contributed by atoms with Gasteiger partial charge < -0.3 is 20.8 Å². The van der Waals surface area contributed by atoms with Crippen molar-refractivity contribution in [1.29, 1.82) is 0 Å². The predicted octanol–water partition coefficient (Wildman–Crippen LogP) is 5.56. The number of rotatable bonds is 7. The zero-order chi connectivity index (χ0) is 29.2. The van der Waals surface area contributed by atoms with Crippen LogP contribution in [0.4, 0.5) is 13.2 Å². The van der Waals surface area contributed by atoms with E-state index < -0.39 is 41.9 Å². The fraction of sp³-hybridized carbons (Fsp3) is 0.448. The molecule has 4 N–H and O–H groups in total. The maximum Gasteiger partial charge on any atom is 0.391 e. The van der Waals surface area contributed by atoms with Crippen LogP contribution in [0, 0.1) is 11.8 Å². The van der Waals surface area contributed by atoms with Gasteiger partial charge in [0, 0.05) is 34.0 Å². The van der Waals surface area contributed by atoms with Crippen molar-refractivity contribution in [3.05, 3.63) is 59.2 Å². The van der Waals surface area contributed by atoms with Crippen molar-refractivity contribution < 1.29 is 42.6 Å². The Kier molecular flexibility index (Phi) is 8.51. The molecular formula is C29H31F3N2O6. The normalized spacial score (nSPS) is 23.3. The van der Waals surface area contributed by atoms with Crippen LogP contribution in [-0.4, -0.2) is 52.2 Å². The van der Waals surface area contributed by atoms with E-state index in [9.17, 15) is 42.6 Å². The van der Waals surface area contributed by atoms with Crippen molar-refractivity contribution >= 4 is 34.5 Å². The standard InChI is InChI=1S/C29H31F3N2O6/c1-2-15-3-7-17(8-4-15)33-25(35)19-11-13-22(28(39)40)24-20(12-14-21(23(19)24)27(37)38)26(36)34-18-9-5-16(6-10-18)29(30,31)32/h2,11-18H,1,3-10H2,(H,33,35)(H,34,36)(H,37,38)(H,39,40). The average Bonchev–Trinajstić information content (AvgIpc) is 2.91. The van der Waals surface area contributed by atoms with E-state index in [4.69, 9.17) is 0 Å². The minimum atomic E-state index is -4.31. The molecule has 2 saturated carbocycles. The topological polar surface area (TPSA) is 133 Å². The molecule has 11 heteroatoms. The second-order valence-electron chi connectivity index (χ2n) is 10.6. The van der Waals surface area contributed by atoms with E-state index >= 15 is 0 Å². The van der Waals surface area contributed by atoms with Gasteiger partial charge in [-0.2, -0.15) is 13.2 Å². The third kappa shape index (κ3) is 6.13. The van der Waals surface area contributed by atoms with Gasteiger partial charge >= 0.3 is 18.1 Å². The Morgan fingerprint density at radius 2 is 1.07 bits per heavy atom. The van der Waals surface area contributed by atoms with Crippen LogP contribution in [-0.2, 0) is 0 Å². The zero-order valence-corrected chi connectivity index (χ0v) is 21.7. The molecule has 2 amide bonds. The van der Waals surface area contributed by atoms with Crippen molar-refractivity contribution in [1.82, 2.24) is 10.6 Å². The summed E-state index contributed by atoms with van der Waals surface area (Å²) in [6.07, 6.45) is 0.529. The number of hydrogen-bond acceptors (Lipinski definition) is 4. The van der Waals surface area contributed by atoms with Gasteiger partial charge in [0.2, 0.25) is 0 Å². The Morgan fingerprint density at radius 1 is 0.700 bits per heavy atom. The Bertz CT molecular complexity index is 1340. The van der Waals surface area contributed by atoms with Crippen LogP contribution in [0.15, 0.2) is 36.9 Å². The zero-order valence-electron chi connectivity index (χ0n) is 21.7. The lowest BCUT2D eigenvalue weighted by Crippen LogP contribution is -2.40. The van der Waals surface area contributed by atoms with E-state index in [1.165, 1.54) is 12.1 Å². The first-order valence-corrected chi connectivity index (χ1v) is 13.3. The Balaban J connectivity index is 1.70. The maximum absolute atomic E-state index is 13.4. The number of benzene rings is 2. The molecule has 0 saturated heterocycles. The summed E-state index contributed by atoms with van der Waals surface area (Å²) in [5, 5.41) is 25.0. The molecule has 2 aromatic rings. The third-order valence-corrected chi connectivity index (χ3v) is 8.08. The second-order valence-corrected chi connectivity index (χ2v) is 10.6. The highest BCUT2D eigenvalue weighted by Gasteiger charge is 2.41. The first-order valence-electron chi connectivity index (χ1n) is 13.3. The molecule has 0 radical (unpaired) electrons. The van der Waals surface area contributed by atoms with Crippen molar-refractivity contribution in [2.75, 3.05) is 0 Å². The van der Waals surface area contributed by atoms with Gasteiger partial charge in [-0.15, -0.1) is 6.58 Å². The summed E-state index contributed by atoms with van der Waals surface area (Å²) in [6, 6.07) is 3.98. The van der Waals surface area contributed by atoms with Crippen molar-refractivity contribution in [3.63, 3.8) is 0 Å². The lowest BCUT2D eigenvalue weighted by atomic mass is 9.85. The molecule has 0 aliphatic heterocycles. The van der Waals surface area contributed by atoms with Crippen LogP contribution in [0.1, 0.15) is 92.8 Å². The summed E-state index contributed by atoms with van der Waals surface area (Å²) in [7, 11) is 0. The van der Waals surface area contributed by atoms with Crippen molar-refractivity contribution in [3.8, 4) is 0 Å². The SMILES string of the molecule is C=CC1CCC(NC(=O)c2ccc(C(=O)O)c3c(C(=O)NC4CCC(C(F)(F)F)CC4)ccc(C(=O)O)c23)CC1. The summed E-state index contributed by atoms with van der Waals surface area (Å²) >= 11 is 0. The van der Waals surface area contributed by atoms with E-state index in [2.05, 4.69) is 17.2 Å². The van der Waals surface area contributed by atoms with E-state index in [1.807, 2.05) is 6.08 Å². The Hall–Kier alpha value is -3.89. The van der Waals surface area contributed by atoms with Gasteiger partial charge in [0.15, 0.2) is 0 Å². The molecular weight excluding hydrogens is 529 g/mol. The number of alkyl halides is 3. The van der Waals surface area contributed by atoms with E-state index in [0.29, 0.717) is 18.8 Å². The predicted molar refractivity (Wildman–Crippen MR) is 141 cm³/mol. The van der Waals surface area contributed by atoms with Gasteiger partial charge in [-0.25, -0.2) is 9.59 Å². The van der Waals surface area contributed by atoms with Crippen LogP contribution in [0.5, 0.6) is 0 Å². The molecule has 0 bridgehead atoms. The Morgan fingerprint density at radius 3 is 1.43 bits per heavy atom. The number of allylic oxidation sites excluding steroid dienone is 1. The van der Waals surface area contributed by atoms with Crippen molar-refractivity contribution in [2.45, 2.75) is 69.6 Å². The van der Waals surface area contributed by atoms with Gasteiger partial charge in [0.1, 0.15) is 0 Å². The second kappa shape index (κ2) is 11.7. The molecule has 40 heavy (non-hydrogen) atoms. The van der Waals surface area contributed by atoms with Crippen LogP contribution in [0.3, 0.4) is 0 Å². The number of nitrogens with one attached hydrogen (secondary N) is 2. The number of aromatic carboxylic acids is 2. The van der Waals surface area contributed by atoms with Crippen LogP contribution < -0.4 is 10.6 Å². The van der Waals surface area contributed by atoms with Gasteiger partial charge in [0.05, 0.1) is 17.0 Å². The molecule has 2 aliphatic rings. The summed E-state index contributed by atoms with van der Waals surface area (Å²) in [5.41, 5.74) is -0.965. The number of carboxylic acid groups (broad SMARTS) is 2. The summed E-state index contributed by atoms with van der Waals surface area (Å²) < 4.78 is 39.2. The van der Waals surface area contributed by atoms with Gasteiger partial charge in [-0.3, -0.25) is 9.59 Å². The summed E-state index contributed by atoms with van der Waals surface area (Å²) in [4.78, 5) is 51.0. The highest BCUT2D eigenvalue weighted by molar-refractivity contribution is 6.23. The number of carbonyl (C=O) groups excluding carboxylic acids is 2. The molecule has 0 heterocycles. The van der Waals surface area contributed by atoms with Crippen LogP contribution in [0.2, 0.25) is 0 Å². The van der Waals surface area contributed by atoms with Crippen molar-refractivity contribution in [2.24, 2.45) is 11.8 Å². The minimum Gasteiger partial charge on any atom is -0.478 e. The number of carboxylic acids is 2. The van der Waals surface area contributed by atoms with Gasteiger partial charge in [-0.1, -0.05) is 6.08 Å². The largest absolute Gasteiger partial charge is 0.478 e. The van der Waals surface area contributed by atoms with E-state index in [0.717, 1.165) is 25.0 Å². The minimum absolute atomic E-state index is 0.0800. The monoisotopic (exact) mass is 560 g/mol. The summed E-state index contributed by atoms with van der Waals surface area (Å²) in [6.45, 7) is 3.80. The molecule has 4 rings (SSSR count). The molecule has 8 nitrogen and oxygen atoms in total. The lowest BCUT2D eigenvalue weighted by Gasteiger charge is -2.30. The van der Waals surface area contributed by atoms with E-state index in [-0.39, 0.29) is 64.8 Å². The van der Waals surface area contributed by atoms with Crippen LogP contribution in [0.25, 0.3) is 10.8 Å². The molecule has 2 aromatic carbocycles. The molecule has 0 spiro atoms. The van der Waals surface area contributed by atoms with E-state index in [1.54, 1.807) is 0 Å². The first-order chi connectivity index (χ1) is 18.9. The highest BCUT2D eigenvalue weighted by Crippen LogP contribution is 2.38. The lowest BCUT2D eigenvalue weighted by molar-refractivity contribution is -0.182. The Labute approximate surface area is 228 Å². The number of hydrogen-bond donors (Lipinski definition) is 4. The van der Waals surface area contributed by atoms with Gasteiger partial charge in [-0.05, 0) is 81.5 Å². The highest BCUT2D eigenvalue weighted by atomic mass is 19.4. The molecule has 0 aromatic heterocycles. The number of halogens is 3. The van der Waals surface area contributed by atoms with Crippen LogP contribution >= 0.6 is 0 Å². The number of carbonyl (C=O) groups is 4. The number of fused-ring (bicyclic) bond motifs is 1. The first kappa shape index (κ1) is 29.1. The molecule has 0 unspecified atom stereocenters.